The van der Waals surface area contributed by atoms with Crippen LogP contribution in [0, 0.1) is 0 Å². The Kier molecular flexibility index (Phi) is 6.03. The zero-order valence-corrected chi connectivity index (χ0v) is 19.7. The van der Waals surface area contributed by atoms with Gasteiger partial charge in [-0.05, 0) is 48.0 Å². The number of carboxylic acids is 1. The zero-order valence-electron chi connectivity index (χ0n) is 16.6. The van der Waals surface area contributed by atoms with E-state index in [0.717, 1.165) is 5.46 Å². The zero-order chi connectivity index (χ0) is 23.2. The molecule has 32 heavy (non-hydrogen) atoms. The molecule has 0 aliphatic carbocycles. The van der Waals surface area contributed by atoms with Crippen molar-refractivity contribution in [2.45, 2.75) is 11.3 Å². The number of nitrogens with zero attached hydrogens (tertiary/aromatic N) is 1. The minimum absolute atomic E-state index is 0.0189. The van der Waals surface area contributed by atoms with Crippen LogP contribution in [0.25, 0.3) is 10.9 Å². The number of rotatable bonds is 5. The summed E-state index contributed by atoms with van der Waals surface area (Å²) in [5.74, 6) is -1.20. The standard InChI is InChI=1S/C22H15BCl3NO4S/c23-12-8-19(25)16-10-13(11-17-18(24)7-6-15(21(17)26)22(28)29)27(20(16)9-12)32(30,31)14-4-2-1-3-5-14/h1-10H,11,23H2,(H,28,29). The van der Waals surface area contributed by atoms with E-state index in [2.05, 4.69) is 0 Å². The van der Waals surface area contributed by atoms with Gasteiger partial charge in [-0.3, -0.25) is 0 Å². The van der Waals surface area contributed by atoms with E-state index < -0.39 is 16.0 Å². The molecule has 0 fully saturated rings. The molecule has 1 N–H and O–H groups in total. The van der Waals surface area contributed by atoms with Crippen LogP contribution in [0.1, 0.15) is 21.6 Å². The van der Waals surface area contributed by atoms with Crippen LogP contribution in [-0.2, 0) is 16.4 Å². The minimum atomic E-state index is -4.00. The lowest BCUT2D eigenvalue weighted by Crippen LogP contribution is -2.17. The maximum absolute atomic E-state index is 13.6. The third kappa shape index (κ3) is 3.90. The van der Waals surface area contributed by atoms with Gasteiger partial charge in [0.15, 0.2) is 0 Å². The Labute approximate surface area is 200 Å². The first kappa shape index (κ1) is 22.7. The molecule has 4 aromatic rings. The summed E-state index contributed by atoms with van der Waals surface area (Å²) in [6.45, 7) is 0. The number of carbonyl (C=O) groups is 1. The van der Waals surface area contributed by atoms with Gasteiger partial charge in [0.2, 0.25) is 0 Å². The van der Waals surface area contributed by atoms with Crippen molar-refractivity contribution in [2.24, 2.45) is 0 Å². The monoisotopic (exact) mass is 505 g/mol. The Hall–Kier alpha value is -2.45. The van der Waals surface area contributed by atoms with Crippen LogP contribution in [-0.4, -0.2) is 31.3 Å². The topological polar surface area (TPSA) is 76.4 Å². The summed E-state index contributed by atoms with van der Waals surface area (Å²) in [5, 5.41) is 10.6. The Balaban J connectivity index is 2.02. The molecule has 1 aromatic heterocycles. The predicted molar refractivity (Wildman–Crippen MR) is 130 cm³/mol. The number of aromatic carboxylic acids is 1. The Bertz CT molecular complexity index is 1480. The summed E-state index contributed by atoms with van der Waals surface area (Å²) >= 11 is 19.1. The molecule has 0 aliphatic rings. The van der Waals surface area contributed by atoms with E-state index >= 15 is 0 Å². The van der Waals surface area contributed by atoms with Crippen LogP contribution < -0.4 is 5.46 Å². The normalized spacial score (nSPS) is 11.7. The summed E-state index contributed by atoms with van der Waals surface area (Å²) in [4.78, 5) is 11.6. The quantitative estimate of drug-likeness (QED) is 0.408. The van der Waals surface area contributed by atoms with Gasteiger partial charge < -0.3 is 5.11 Å². The van der Waals surface area contributed by atoms with Crippen molar-refractivity contribution < 1.29 is 18.3 Å². The predicted octanol–water partition coefficient (Wildman–Crippen LogP) is 4.39. The van der Waals surface area contributed by atoms with Crippen LogP contribution in [0.4, 0.5) is 0 Å². The van der Waals surface area contributed by atoms with Crippen molar-refractivity contribution >= 4 is 75.0 Å². The second kappa shape index (κ2) is 8.48. The fourth-order valence-corrected chi connectivity index (χ4v) is 6.09. The van der Waals surface area contributed by atoms with Gasteiger partial charge in [-0.25, -0.2) is 17.2 Å². The van der Waals surface area contributed by atoms with Crippen molar-refractivity contribution in [3.63, 3.8) is 0 Å². The van der Waals surface area contributed by atoms with Crippen molar-refractivity contribution in [1.82, 2.24) is 3.97 Å². The van der Waals surface area contributed by atoms with Crippen LogP contribution in [0.3, 0.4) is 0 Å². The van der Waals surface area contributed by atoms with Gasteiger partial charge in [-0.2, -0.15) is 0 Å². The highest BCUT2D eigenvalue weighted by molar-refractivity contribution is 7.90. The van der Waals surface area contributed by atoms with Gasteiger partial charge in [0.1, 0.15) is 7.85 Å². The van der Waals surface area contributed by atoms with Gasteiger partial charge >= 0.3 is 5.97 Å². The summed E-state index contributed by atoms with van der Waals surface area (Å²) in [6, 6.07) is 15.9. The molecule has 0 bridgehead atoms. The van der Waals surface area contributed by atoms with E-state index in [4.69, 9.17) is 34.8 Å². The van der Waals surface area contributed by atoms with E-state index in [1.165, 1.54) is 28.2 Å². The fraction of sp³-hybridized carbons (Fsp3) is 0.0455. The second-order valence-electron chi connectivity index (χ2n) is 7.27. The average Bonchev–Trinajstić information content (AvgIpc) is 3.10. The number of benzene rings is 3. The molecule has 0 aliphatic heterocycles. The summed E-state index contributed by atoms with van der Waals surface area (Å²) in [5.41, 5.74) is 1.75. The number of carboxylic acid groups (broad SMARTS) is 1. The largest absolute Gasteiger partial charge is 0.478 e. The van der Waals surface area contributed by atoms with Gasteiger partial charge in [0, 0.05) is 27.5 Å². The van der Waals surface area contributed by atoms with Gasteiger partial charge in [0.05, 0.1) is 21.0 Å². The highest BCUT2D eigenvalue weighted by atomic mass is 35.5. The van der Waals surface area contributed by atoms with Crippen molar-refractivity contribution in [2.75, 3.05) is 0 Å². The Morgan fingerprint density at radius 3 is 2.31 bits per heavy atom. The SMILES string of the molecule is Bc1cc(Cl)c2cc(Cc3c(Cl)ccc(C(=O)O)c3Cl)n(S(=O)(=O)c3ccccc3)c2c1. The average molecular weight is 507 g/mol. The highest BCUT2D eigenvalue weighted by Gasteiger charge is 2.26. The number of halogens is 3. The summed E-state index contributed by atoms with van der Waals surface area (Å²) in [6.07, 6.45) is -0.0189. The second-order valence-corrected chi connectivity index (χ2v) is 10.2. The van der Waals surface area contributed by atoms with Crippen LogP contribution >= 0.6 is 34.8 Å². The molecule has 0 amide bonds. The molecule has 4 rings (SSSR count). The molecule has 162 valence electrons. The van der Waals surface area contributed by atoms with E-state index in [0.29, 0.717) is 27.2 Å². The highest BCUT2D eigenvalue weighted by Crippen LogP contribution is 2.35. The molecule has 0 radical (unpaired) electrons. The lowest BCUT2D eigenvalue weighted by Gasteiger charge is -2.14. The Morgan fingerprint density at radius 2 is 1.66 bits per heavy atom. The molecule has 1 heterocycles. The molecule has 0 unspecified atom stereocenters. The molecule has 0 spiro atoms. The van der Waals surface area contributed by atoms with E-state index in [-0.39, 0.29) is 26.9 Å². The molecule has 0 saturated carbocycles. The molecule has 10 heteroatoms. The molecule has 3 aromatic carbocycles. The Morgan fingerprint density at radius 1 is 0.969 bits per heavy atom. The van der Waals surface area contributed by atoms with Gasteiger partial charge in [-0.15, -0.1) is 0 Å². The lowest BCUT2D eigenvalue weighted by atomic mass is 9.95. The van der Waals surface area contributed by atoms with Gasteiger partial charge in [-0.1, -0.05) is 58.5 Å². The molecule has 5 nitrogen and oxygen atoms in total. The molecule has 0 atom stereocenters. The van der Waals surface area contributed by atoms with Crippen molar-refractivity contribution in [3.05, 3.63) is 92.6 Å². The van der Waals surface area contributed by atoms with Crippen LogP contribution in [0.5, 0.6) is 0 Å². The summed E-state index contributed by atoms with van der Waals surface area (Å²) in [7, 11) is -2.18. The maximum Gasteiger partial charge on any atom is 0.337 e. The van der Waals surface area contributed by atoms with Crippen LogP contribution in [0.2, 0.25) is 15.1 Å². The first-order valence-corrected chi connectivity index (χ1v) is 12.0. The first-order valence-electron chi connectivity index (χ1n) is 9.42. The van der Waals surface area contributed by atoms with Crippen molar-refractivity contribution in [3.8, 4) is 0 Å². The third-order valence-electron chi connectivity index (χ3n) is 5.10. The number of fused-ring (bicyclic) bond motifs is 1. The van der Waals surface area contributed by atoms with E-state index in [1.807, 2.05) is 7.85 Å². The van der Waals surface area contributed by atoms with Crippen LogP contribution in [0.15, 0.2) is 65.6 Å². The number of hydrogen-bond donors (Lipinski definition) is 1. The first-order chi connectivity index (χ1) is 15.1. The van der Waals surface area contributed by atoms with E-state index in [9.17, 15) is 18.3 Å². The van der Waals surface area contributed by atoms with Crippen molar-refractivity contribution in [1.29, 1.82) is 0 Å². The molecular weight excluding hydrogens is 491 g/mol. The number of aromatic nitrogens is 1. The third-order valence-corrected chi connectivity index (χ3v) is 7.98. The smallest absolute Gasteiger partial charge is 0.337 e. The molecular formula is C22H15BCl3NO4S. The fourth-order valence-electron chi connectivity index (χ4n) is 3.64. The lowest BCUT2D eigenvalue weighted by molar-refractivity contribution is 0.0697. The van der Waals surface area contributed by atoms with Gasteiger partial charge in [0.25, 0.3) is 10.0 Å². The molecule has 0 saturated heterocycles. The minimum Gasteiger partial charge on any atom is -0.478 e. The van der Waals surface area contributed by atoms with E-state index in [1.54, 1.807) is 36.4 Å². The maximum atomic E-state index is 13.6. The number of hydrogen-bond acceptors (Lipinski definition) is 3. The summed E-state index contributed by atoms with van der Waals surface area (Å²) < 4.78 is 28.5.